The van der Waals surface area contributed by atoms with Crippen molar-refractivity contribution < 1.29 is 19.2 Å². The highest BCUT2D eigenvalue weighted by atomic mass is 35.5. The van der Waals surface area contributed by atoms with Crippen LogP contribution in [0, 0.1) is 24.0 Å². The zero-order valence-electron chi connectivity index (χ0n) is 20.0. The molecule has 12 nitrogen and oxygen atoms in total. The first-order valence-corrected chi connectivity index (χ1v) is 11.0. The van der Waals surface area contributed by atoms with E-state index in [1.54, 1.807) is 32.9 Å². The second-order valence-electron chi connectivity index (χ2n) is 8.00. The van der Waals surface area contributed by atoms with E-state index in [0.29, 0.717) is 28.1 Å². The van der Waals surface area contributed by atoms with Gasteiger partial charge in [0.1, 0.15) is 0 Å². The third kappa shape index (κ3) is 5.33. The summed E-state index contributed by atoms with van der Waals surface area (Å²) in [5.74, 6) is -1.28. The fourth-order valence-electron chi connectivity index (χ4n) is 4.05. The molecule has 0 amide bonds. The summed E-state index contributed by atoms with van der Waals surface area (Å²) in [6.45, 7) is 5.42. The van der Waals surface area contributed by atoms with E-state index >= 15 is 0 Å². The summed E-state index contributed by atoms with van der Waals surface area (Å²) in [6.07, 6.45) is 0. The number of nitrogens with zero attached hydrogens (tertiary/aromatic N) is 1. The SMILES string of the molecule is CCOc1cc(C(c2c(C)[nH][nH]c2=O)c2c(C)[nH][nH]c2=O)ccc1OC(=O)c1cccc([N+](=O)[O-])c1.Cl. The topological polar surface area (TPSA) is 176 Å². The first kappa shape index (κ1) is 27.0. The van der Waals surface area contributed by atoms with Gasteiger partial charge in [-0.2, -0.15) is 0 Å². The van der Waals surface area contributed by atoms with E-state index in [1.165, 1.54) is 24.3 Å². The molecule has 0 saturated heterocycles. The molecule has 0 aliphatic heterocycles. The molecule has 0 saturated carbocycles. The molecule has 4 N–H and O–H groups in total. The second kappa shape index (κ2) is 11.0. The van der Waals surface area contributed by atoms with Crippen LogP contribution in [-0.4, -0.2) is 37.9 Å². The van der Waals surface area contributed by atoms with Crippen LogP contribution >= 0.6 is 12.4 Å². The molecule has 0 spiro atoms. The van der Waals surface area contributed by atoms with Crippen molar-refractivity contribution in [1.29, 1.82) is 0 Å². The van der Waals surface area contributed by atoms with Gasteiger partial charge in [-0.15, -0.1) is 12.4 Å². The predicted octanol–water partition coefficient (Wildman–Crippen LogP) is 3.46. The number of aromatic amines is 4. The third-order valence-corrected chi connectivity index (χ3v) is 5.70. The number of carbonyl (C=O) groups excluding carboxylic acids is 1. The number of carbonyl (C=O) groups is 1. The Balaban J connectivity index is 0.00000380. The zero-order chi connectivity index (χ0) is 26.0. The van der Waals surface area contributed by atoms with Crippen LogP contribution in [0.4, 0.5) is 5.69 Å². The normalized spacial score (nSPS) is 10.7. The smallest absolute Gasteiger partial charge is 0.343 e. The molecule has 194 valence electrons. The molecule has 0 aliphatic rings. The molecule has 0 atom stereocenters. The van der Waals surface area contributed by atoms with Crippen LogP contribution in [-0.2, 0) is 0 Å². The molecule has 4 aromatic rings. The Morgan fingerprint density at radius 1 is 0.946 bits per heavy atom. The van der Waals surface area contributed by atoms with E-state index in [-0.39, 0.29) is 52.9 Å². The Morgan fingerprint density at radius 3 is 2.08 bits per heavy atom. The number of halogens is 1. The van der Waals surface area contributed by atoms with Crippen molar-refractivity contribution in [2.45, 2.75) is 26.7 Å². The fourth-order valence-corrected chi connectivity index (χ4v) is 4.05. The highest BCUT2D eigenvalue weighted by molar-refractivity contribution is 5.92. The highest BCUT2D eigenvalue weighted by Crippen LogP contribution is 2.37. The number of esters is 1. The number of rotatable bonds is 8. The summed E-state index contributed by atoms with van der Waals surface area (Å²) in [4.78, 5) is 48.5. The van der Waals surface area contributed by atoms with Crippen LogP contribution in [0.1, 0.15) is 51.3 Å². The van der Waals surface area contributed by atoms with Crippen LogP contribution < -0.4 is 20.6 Å². The molecule has 2 aromatic carbocycles. The average Bonchev–Trinajstić information content (AvgIpc) is 3.36. The number of H-pyrrole nitrogens is 4. The van der Waals surface area contributed by atoms with E-state index in [1.807, 2.05) is 0 Å². The molecule has 13 heteroatoms. The van der Waals surface area contributed by atoms with Crippen molar-refractivity contribution in [3.63, 3.8) is 0 Å². The molecular weight excluding hydrogens is 506 g/mol. The number of non-ortho nitro benzene ring substituents is 1. The monoisotopic (exact) mass is 529 g/mol. The molecule has 2 aromatic heterocycles. The van der Waals surface area contributed by atoms with Crippen molar-refractivity contribution in [3.05, 3.63) is 107 Å². The van der Waals surface area contributed by atoms with Gasteiger partial charge in [-0.3, -0.25) is 29.9 Å². The Bertz CT molecular complexity index is 1510. The summed E-state index contributed by atoms with van der Waals surface area (Å²) in [7, 11) is 0. The molecule has 0 bridgehead atoms. The lowest BCUT2D eigenvalue weighted by Crippen LogP contribution is -2.20. The van der Waals surface area contributed by atoms with Gasteiger partial charge in [0.25, 0.3) is 16.8 Å². The molecular formula is C24H24ClN5O7. The lowest BCUT2D eigenvalue weighted by atomic mass is 9.85. The quantitative estimate of drug-likeness (QED) is 0.117. The Kier molecular flexibility index (Phi) is 8.03. The van der Waals surface area contributed by atoms with Crippen molar-refractivity contribution >= 4 is 24.1 Å². The number of nitrogens with one attached hydrogen (secondary N) is 4. The van der Waals surface area contributed by atoms with Gasteiger partial charge >= 0.3 is 5.97 Å². The first-order valence-electron chi connectivity index (χ1n) is 11.0. The lowest BCUT2D eigenvalue weighted by Gasteiger charge is -2.18. The third-order valence-electron chi connectivity index (χ3n) is 5.70. The van der Waals surface area contributed by atoms with E-state index < -0.39 is 16.8 Å². The van der Waals surface area contributed by atoms with Gasteiger partial charge in [-0.05, 0) is 44.5 Å². The van der Waals surface area contributed by atoms with Crippen molar-refractivity contribution in [3.8, 4) is 11.5 Å². The number of hydrogen-bond acceptors (Lipinski definition) is 7. The van der Waals surface area contributed by atoms with Crippen molar-refractivity contribution in [2.75, 3.05) is 6.61 Å². The maximum absolute atomic E-state index is 12.7. The predicted molar refractivity (Wildman–Crippen MR) is 136 cm³/mol. The standard InChI is InChI=1S/C24H23N5O7.ClH/c1-4-35-18-11-14(8-9-17(18)36-24(32)15-6-5-7-16(10-15)29(33)34)21(19-12(2)25-27-22(19)30)20-13(3)26-28-23(20)31;/h5-11,21H,4H2,1-3H3,(H2,25,27,30)(H2,26,28,31);1H. The molecule has 0 fully saturated rings. The van der Waals surface area contributed by atoms with Gasteiger partial charge in [0.2, 0.25) is 0 Å². The minimum absolute atomic E-state index is 0. The summed E-state index contributed by atoms with van der Waals surface area (Å²) in [5.41, 5.74) is 1.37. The van der Waals surface area contributed by atoms with Gasteiger partial charge in [0, 0.05) is 29.4 Å². The Morgan fingerprint density at radius 2 is 1.57 bits per heavy atom. The molecule has 0 radical (unpaired) electrons. The molecule has 4 rings (SSSR count). The number of nitro groups is 1. The molecule has 37 heavy (non-hydrogen) atoms. The molecule has 0 aliphatic carbocycles. The largest absolute Gasteiger partial charge is 0.490 e. The number of aromatic nitrogens is 4. The molecule has 2 heterocycles. The number of nitro benzene ring substituents is 1. The number of aryl methyl sites for hydroxylation is 2. The van der Waals surface area contributed by atoms with Gasteiger partial charge in [0.05, 0.1) is 28.2 Å². The molecule has 0 unspecified atom stereocenters. The second-order valence-corrected chi connectivity index (χ2v) is 8.00. The van der Waals surface area contributed by atoms with E-state index in [4.69, 9.17) is 9.47 Å². The minimum atomic E-state index is -0.806. The summed E-state index contributed by atoms with van der Waals surface area (Å²) < 4.78 is 11.2. The van der Waals surface area contributed by atoms with Crippen molar-refractivity contribution in [1.82, 2.24) is 20.4 Å². The van der Waals surface area contributed by atoms with Crippen LogP contribution in [0.2, 0.25) is 0 Å². The van der Waals surface area contributed by atoms with Crippen LogP contribution in [0.15, 0.2) is 52.1 Å². The fraction of sp³-hybridized carbons (Fsp3) is 0.208. The Hall–Kier alpha value is -4.58. The lowest BCUT2D eigenvalue weighted by molar-refractivity contribution is -0.384. The number of benzene rings is 2. The number of hydrogen-bond donors (Lipinski definition) is 4. The van der Waals surface area contributed by atoms with Crippen LogP contribution in [0.25, 0.3) is 0 Å². The number of ether oxygens (including phenoxy) is 2. The summed E-state index contributed by atoms with van der Waals surface area (Å²) in [6, 6.07) is 9.90. The minimum Gasteiger partial charge on any atom is -0.490 e. The van der Waals surface area contributed by atoms with Gasteiger partial charge in [-0.1, -0.05) is 12.1 Å². The van der Waals surface area contributed by atoms with Crippen molar-refractivity contribution in [2.24, 2.45) is 0 Å². The van der Waals surface area contributed by atoms with E-state index in [2.05, 4.69) is 20.4 Å². The first-order chi connectivity index (χ1) is 17.2. The average molecular weight is 530 g/mol. The van der Waals surface area contributed by atoms with E-state index in [9.17, 15) is 24.5 Å². The van der Waals surface area contributed by atoms with Crippen LogP contribution in [0.5, 0.6) is 11.5 Å². The summed E-state index contributed by atoms with van der Waals surface area (Å²) >= 11 is 0. The Labute approximate surface area is 215 Å². The van der Waals surface area contributed by atoms with Gasteiger partial charge < -0.3 is 19.7 Å². The maximum Gasteiger partial charge on any atom is 0.343 e. The van der Waals surface area contributed by atoms with Gasteiger partial charge in [0.15, 0.2) is 11.5 Å². The van der Waals surface area contributed by atoms with Gasteiger partial charge in [-0.25, -0.2) is 4.79 Å². The van der Waals surface area contributed by atoms with E-state index in [0.717, 1.165) is 6.07 Å². The maximum atomic E-state index is 12.7. The van der Waals surface area contributed by atoms with Crippen LogP contribution in [0.3, 0.4) is 0 Å². The summed E-state index contributed by atoms with van der Waals surface area (Å²) in [5, 5.41) is 21.7. The highest BCUT2D eigenvalue weighted by Gasteiger charge is 2.29. The zero-order valence-corrected chi connectivity index (χ0v) is 20.9.